The van der Waals surface area contributed by atoms with E-state index in [9.17, 15) is 0 Å². The maximum atomic E-state index is 5.59. The number of nitrogens with zero attached hydrogens (tertiary/aromatic N) is 2. The van der Waals surface area contributed by atoms with E-state index in [2.05, 4.69) is 54.4 Å². The lowest BCUT2D eigenvalue weighted by Crippen LogP contribution is -2.00. The molecule has 154 valence electrons. The molecule has 4 heteroatoms. The van der Waals surface area contributed by atoms with E-state index in [1.165, 1.54) is 16.5 Å². The van der Waals surface area contributed by atoms with Crippen molar-refractivity contribution in [2.24, 2.45) is 0 Å². The third-order valence-electron chi connectivity index (χ3n) is 5.61. The summed E-state index contributed by atoms with van der Waals surface area (Å²) in [5.74, 6) is 1.49. The molecular formula is C26H28N2O2. The van der Waals surface area contributed by atoms with Crippen LogP contribution in [0.3, 0.4) is 0 Å². The normalized spacial score (nSPS) is 11.2. The maximum Gasteiger partial charge on any atom is 0.161 e. The second-order valence-electron chi connectivity index (χ2n) is 7.74. The fourth-order valence-electron chi connectivity index (χ4n) is 3.97. The summed E-state index contributed by atoms with van der Waals surface area (Å²) in [7, 11) is 3.36. The van der Waals surface area contributed by atoms with Crippen molar-refractivity contribution in [3.8, 4) is 11.5 Å². The highest BCUT2D eigenvalue weighted by Crippen LogP contribution is 2.36. The van der Waals surface area contributed by atoms with E-state index in [0.717, 1.165) is 64.9 Å². The van der Waals surface area contributed by atoms with Crippen molar-refractivity contribution in [3.05, 3.63) is 71.2 Å². The Morgan fingerprint density at radius 2 is 1.67 bits per heavy atom. The molecule has 0 aliphatic rings. The summed E-state index contributed by atoms with van der Waals surface area (Å²) in [6.45, 7) is 4.23. The molecule has 0 spiro atoms. The van der Waals surface area contributed by atoms with Crippen LogP contribution in [0.15, 0.2) is 48.7 Å². The Balaban J connectivity index is 1.80. The number of hydrogen-bond acceptors (Lipinski definition) is 4. The molecule has 2 aromatic heterocycles. The molecule has 0 N–H and O–H groups in total. The maximum absolute atomic E-state index is 5.59. The molecule has 0 unspecified atom stereocenters. The first-order chi connectivity index (χ1) is 14.6. The monoisotopic (exact) mass is 400 g/mol. The van der Waals surface area contributed by atoms with Gasteiger partial charge in [-0.1, -0.05) is 25.5 Å². The van der Waals surface area contributed by atoms with Gasteiger partial charge in [0.1, 0.15) is 0 Å². The molecule has 4 aromatic rings. The Morgan fingerprint density at radius 3 is 2.40 bits per heavy atom. The molecule has 4 rings (SSSR count). The van der Waals surface area contributed by atoms with Crippen LogP contribution in [0, 0.1) is 6.92 Å². The van der Waals surface area contributed by atoms with Crippen LogP contribution in [-0.4, -0.2) is 24.2 Å². The zero-order valence-electron chi connectivity index (χ0n) is 18.2. The molecule has 0 saturated carbocycles. The van der Waals surface area contributed by atoms with Crippen LogP contribution in [0.4, 0.5) is 0 Å². The number of aryl methyl sites for hydroxylation is 2. The SMILES string of the molecule is CCCCc1ncc(Cc2ccc3nc(C)ccc3c2)c2cc(OC)c(OC)cc12. The number of hydrogen-bond donors (Lipinski definition) is 0. The highest BCUT2D eigenvalue weighted by atomic mass is 16.5. The largest absolute Gasteiger partial charge is 0.493 e. The van der Waals surface area contributed by atoms with Gasteiger partial charge in [-0.15, -0.1) is 0 Å². The summed E-state index contributed by atoms with van der Waals surface area (Å²) in [5.41, 5.74) is 5.62. The molecule has 0 amide bonds. The highest BCUT2D eigenvalue weighted by Gasteiger charge is 2.14. The standard InChI is InChI=1S/C26H28N2O2/c1-5-6-7-24-22-15-26(30-4)25(29-3)14-21(22)20(16-27-24)13-18-9-11-23-19(12-18)10-8-17(2)28-23/h8-12,14-16H,5-7,13H2,1-4H3. The molecule has 0 atom stereocenters. The summed E-state index contributed by atoms with van der Waals surface area (Å²) in [4.78, 5) is 9.45. The number of aromatic nitrogens is 2. The predicted molar refractivity (Wildman–Crippen MR) is 123 cm³/mol. The van der Waals surface area contributed by atoms with E-state index >= 15 is 0 Å². The minimum Gasteiger partial charge on any atom is -0.493 e. The second kappa shape index (κ2) is 8.70. The van der Waals surface area contributed by atoms with Gasteiger partial charge < -0.3 is 9.47 Å². The fourth-order valence-corrected chi connectivity index (χ4v) is 3.97. The van der Waals surface area contributed by atoms with Gasteiger partial charge in [0.2, 0.25) is 0 Å². The van der Waals surface area contributed by atoms with Gasteiger partial charge in [0.25, 0.3) is 0 Å². The van der Waals surface area contributed by atoms with Crippen molar-refractivity contribution in [1.29, 1.82) is 0 Å². The fraction of sp³-hybridized carbons (Fsp3) is 0.308. The number of ether oxygens (including phenoxy) is 2. The van der Waals surface area contributed by atoms with Gasteiger partial charge in [-0.2, -0.15) is 0 Å². The summed E-state index contributed by atoms with van der Waals surface area (Å²) in [6.07, 6.45) is 6.05. The average molecular weight is 401 g/mol. The van der Waals surface area contributed by atoms with Gasteiger partial charge in [0.15, 0.2) is 11.5 Å². The van der Waals surface area contributed by atoms with Gasteiger partial charge >= 0.3 is 0 Å². The summed E-state index contributed by atoms with van der Waals surface area (Å²) >= 11 is 0. The van der Waals surface area contributed by atoms with Crippen LogP contribution in [0.25, 0.3) is 21.7 Å². The third-order valence-corrected chi connectivity index (χ3v) is 5.61. The number of unbranched alkanes of at least 4 members (excludes halogenated alkanes) is 1. The first-order valence-corrected chi connectivity index (χ1v) is 10.5. The van der Waals surface area contributed by atoms with Crippen LogP contribution in [0.5, 0.6) is 11.5 Å². The Hall–Kier alpha value is -3.14. The van der Waals surface area contributed by atoms with Crippen molar-refractivity contribution in [2.45, 2.75) is 39.5 Å². The Bertz CT molecular complexity index is 1200. The lowest BCUT2D eigenvalue weighted by Gasteiger charge is -2.15. The zero-order chi connectivity index (χ0) is 21.1. The van der Waals surface area contributed by atoms with Crippen molar-refractivity contribution >= 4 is 21.7 Å². The smallest absolute Gasteiger partial charge is 0.161 e. The lowest BCUT2D eigenvalue weighted by molar-refractivity contribution is 0.356. The molecular weight excluding hydrogens is 372 g/mol. The zero-order valence-corrected chi connectivity index (χ0v) is 18.2. The molecule has 0 aliphatic heterocycles. The quantitative estimate of drug-likeness (QED) is 0.379. The van der Waals surface area contributed by atoms with Gasteiger partial charge in [0.05, 0.1) is 19.7 Å². The predicted octanol–water partition coefficient (Wildman–Crippen LogP) is 6.04. The number of pyridine rings is 2. The van der Waals surface area contributed by atoms with Crippen LogP contribution in [0.1, 0.15) is 42.3 Å². The molecule has 4 nitrogen and oxygen atoms in total. The number of methoxy groups -OCH3 is 2. The average Bonchev–Trinajstić information content (AvgIpc) is 2.77. The van der Waals surface area contributed by atoms with E-state index in [4.69, 9.17) is 14.5 Å². The van der Waals surface area contributed by atoms with Gasteiger partial charge in [0, 0.05) is 28.4 Å². The minimum absolute atomic E-state index is 0.744. The van der Waals surface area contributed by atoms with E-state index in [1.807, 2.05) is 13.1 Å². The molecule has 0 bridgehead atoms. The van der Waals surface area contributed by atoms with Crippen LogP contribution >= 0.6 is 0 Å². The van der Waals surface area contributed by atoms with Crippen molar-refractivity contribution < 1.29 is 9.47 Å². The Labute approximate surface area is 177 Å². The van der Waals surface area contributed by atoms with Crippen molar-refractivity contribution in [1.82, 2.24) is 9.97 Å². The lowest BCUT2D eigenvalue weighted by atomic mass is 9.96. The van der Waals surface area contributed by atoms with E-state index < -0.39 is 0 Å². The summed E-state index contributed by atoms with van der Waals surface area (Å²) < 4.78 is 11.1. The topological polar surface area (TPSA) is 44.2 Å². The first kappa shape index (κ1) is 20.1. The van der Waals surface area contributed by atoms with Crippen molar-refractivity contribution in [2.75, 3.05) is 14.2 Å². The van der Waals surface area contributed by atoms with E-state index in [1.54, 1.807) is 14.2 Å². The van der Waals surface area contributed by atoms with Crippen LogP contribution in [-0.2, 0) is 12.8 Å². The minimum atomic E-state index is 0.744. The molecule has 0 saturated heterocycles. The third kappa shape index (κ3) is 3.95. The number of benzene rings is 2. The van der Waals surface area contributed by atoms with Crippen molar-refractivity contribution in [3.63, 3.8) is 0 Å². The molecule has 30 heavy (non-hydrogen) atoms. The highest BCUT2D eigenvalue weighted by molar-refractivity contribution is 5.91. The van der Waals surface area contributed by atoms with E-state index in [-0.39, 0.29) is 0 Å². The van der Waals surface area contributed by atoms with Gasteiger partial charge in [-0.3, -0.25) is 9.97 Å². The Morgan fingerprint density at radius 1 is 0.900 bits per heavy atom. The number of rotatable bonds is 7. The molecule has 0 aliphatic carbocycles. The van der Waals surface area contributed by atoms with Crippen LogP contribution in [0.2, 0.25) is 0 Å². The van der Waals surface area contributed by atoms with Gasteiger partial charge in [-0.25, -0.2) is 0 Å². The summed E-state index contributed by atoms with van der Waals surface area (Å²) in [5, 5.41) is 3.49. The second-order valence-corrected chi connectivity index (χ2v) is 7.74. The molecule has 2 heterocycles. The van der Waals surface area contributed by atoms with Gasteiger partial charge in [-0.05, 0) is 73.0 Å². The Kier molecular flexibility index (Phi) is 5.84. The number of fused-ring (bicyclic) bond motifs is 2. The molecule has 2 aromatic carbocycles. The summed E-state index contributed by atoms with van der Waals surface area (Å²) in [6, 6.07) is 14.8. The molecule has 0 fully saturated rings. The first-order valence-electron chi connectivity index (χ1n) is 10.5. The van der Waals surface area contributed by atoms with Crippen LogP contribution < -0.4 is 9.47 Å². The molecule has 0 radical (unpaired) electrons. The van der Waals surface area contributed by atoms with E-state index in [0.29, 0.717) is 0 Å².